The van der Waals surface area contributed by atoms with Gasteiger partial charge in [-0.05, 0) is 57.0 Å². The van der Waals surface area contributed by atoms with Gasteiger partial charge in [0.15, 0.2) is 0 Å². The van der Waals surface area contributed by atoms with Gasteiger partial charge < -0.3 is 15.1 Å². The van der Waals surface area contributed by atoms with E-state index in [1.54, 1.807) is 0 Å². The fourth-order valence-corrected chi connectivity index (χ4v) is 4.38. The molecular weight excluding hydrogens is 350 g/mol. The maximum atomic E-state index is 12.9. The number of carbonyl (C=O) groups is 2. The molecular formula is C20H28ClN3O2. The third-order valence-corrected chi connectivity index (χ3v) is 5.74. The van der Waals surface area contributed by atoms with Crippen LogP contribution in [0, 0.1) is 5.92 Å². The first-order valence-electron chi connectivity index (χ1n) is 9.65. The van der Waals surface area contributed by atoms with Crippen LogP contribution in [0.15, 0.2) is 24.3 Å². The van der Waals surface area contributed by atoms with E-state index in [0.717, 1.165) is 25.2 Å². The van der Waals surface area contributed by atoms with E-state index in [2.05, 4.69) is 10.2 Å². The number of hydrogen-bond donors (Lipinski definition) is 1. The van der Waals surface area contributed by atoms with E-state index in [1.165, 1.54) is 12.8 Å². The molecule has 142 valence electrons. The lowest BCUT2D eigenvalue weighted by Crippen LogP contribution is -2.48. The Morgan fingerprint density at radius 3 is 2.77 bits per heavy atom. The molecule has 2 amide bonds. The minimum Gasteiger partial charge on any atom is -0.354 e. The van der Waals surface area contributed by atoms with Gasteiger partial charge in [-0.3, -0.25) is 9.59 Å². The van der Waals surface area contributed by atoms with Gasteiger partial charge in [0.25, 0.3) is 0 Å². The number of hydrogen-bond acceptors (Lipinski definition) is 3. The normalized spacial score (nSPS) is 24.1. The number of piperidine rings is 1. The van der Waals surface area contributed by atoms with Crippen molar-refractivity contribution in [2.45, 2.75) is 38.6 Å². The van der Waals surface area contributed by atoms with Crippen LogP contribution in [-0.4, -0.2) is 54.3 Å². The highest BCUT2D eigenvalue weighted by Gasteiger charge is 2.39. The summed E-state index contributed by atoms with van der Waals surface area (Å²) >= 11 is 6.17. The van der Waals surface area contributed by atoms with E-state index in [-0.39, 0.29) is 23.8 Å². The highest BCUT2D eigenvalue weighted by molar-refractivity contribution is 6.30. The maximum Gasteiger partial charge on any atom is 0.225 e. The summed E-state index contributed by atoms with van der Waals surface area (Å²) < 4.78 is 0. The molecule has 2 heterocycles. The molecule has 3 rings (SSSR count). The SMILES string of the molecule is CCN1C(=O)CC[C@@H](C(=O)NCCN2CCCC2)[C@@H]1c1cccc(Cl)c1. The Morgan fingerprint density at radius 1 is 1.31 bits per heavy atom. The quantitative estimate of drug-likeness (QED) is 0.829. The monoisotopic (exact) mass is 377 g/mol. The van der Waals surface area contributed by atoms with E-state index in [0.29, 0.717) is 31.0 Å². The summed E-state index contributed by atoms with van der Waals surface area (Å²) in [5.41, 5.74) is 0.937. The first-order chi connectivity index (χ1) is 12.6. The largest absolute Gasteiger partial charge is 0.354 e. The second kappa shape index (κ2) is 8.87. The fraction of sp³-hybridized carbons (Fsp3) is 0.600. The van der Waals surface area contributed by atoms with Gasteiger partial charge in [0.05, 0.1) is 12.0 Å². The number of halogens is 1. The van der Waals surface area contributed by atoms with Crippen LogP contribution in [0.1, 0.15) is 44.2 Å². The highest BCUT2D eigenvalue weighted by Crippen LogP contribution is 2.37. The smallest absolute Gasteiger partial charge is 0.225 e. The molecule has 0 radical (unpaired) electrons. The number of amides is 2. The van der Waals surface area contributed by atoms with Gasteiger partial charge in [0, 0.05) is 31.1 Å². The fourth-order valence-electron chi connectivity index (χ4n) is 4.18. The Kier molecular flexibility index (Phi) is 6.54. The van der Waals surface area contributed by atoms with Crippen LogP contribution in [0.25, 0.3) is 0 Å². The van der Waals surface area contributed by atoms with E-state index in [1.807, 2.05) is 36.1 Å². The standard InChI is InChI=1S/C20H28ClN3O2/c1-2-24-18(25)9-8-17(19(24)15-6-5-7-16(21)14-15)20(26)22-10-13-23-11-3-4-12-23/h5-7,14,17,19H,2-4,8-13H2,1H3,(H,22,26)/t17-,19+/m1/s1. The van der Waals surface area contributed by atoms with Crippen molar-refractivity contribution in [1.29, 1.82) is 0 Å². The van der Waals surface area contributed by atoms with Crippen molar-refractivity contribution in [2.24, 2.45) is 5.92 Å². The van der Waals surface area contributed by atoms with Crippen molar-refractivity contribution in [3.63, 3.8) is 0 Å². The molecule has 0 bridgehead atoms. The van der Waals surface area contributed by atoms with Crippen molar-refractivity contribution in [3.8, 4) is 0 Å². The lowest BCUT2D eigenvalue weighted by molar-refractivity contribution is -0.143. The molecule has 2 atom stereocenters. The molecule has 1 aromatic rings. The molecule has 0 aromatic heterocycles. The minimum absolute atomic E-state index is 0.0418. The molecule has 0 saturated carbocycles. The number of benzene rings is 1. The molecule has 2 aliphatic rings. The lowest BCUT2D eigenvalue weighted by Gasteiger charge is -2.40. The predicted octanol–water partition coefficient (Wildman–Crippen LogP) is 2.85. The zero-order chi connectivity index (χ0) is 18.5. The summed E-state index contributed by atoms with van der Waals surface area (Å²) in [5, 5.41) is 3.73. The molecule has 2 aliphatic heterocycles. The molecule has 1 N–H and O–H groups in total. The van der Waals surface area contributed by atoms with Gasteiger partial charge in [-0.2, -0.15) is 0 Å². The molecule has 0 aliphatic carbocycles. The van der Waals surface area contributed by atoms with Gasteiger partial charge >= 0.3 is 0 Å². The van der Waals surface area contributed by atoms with Gasteiger partial charge in [-0.1, -0.05) is 23.7 Å². The van der Waals surface area contributed by atoms with E-state index in [4.69, 9.17) is 11.6 Å². The van der Waals surface area contributed by atoms with Crippen molar-refractivity contribution >= 4 is 23.4 Å². The molecule has 2 fully saturated rings. The van der Waals surface area contributed by atoms with Crippen molar-refractivity contribution in [2.75, 3.05) is 32.7 Å². The van der Waals surface area contributed by atoms with E-state index in [9.17, 15) is 9.59 Å². The van der Waals surface area contributed by atoms with Crippen molar-refractivity contribution < 1.29 is 9.59 Å². The second-order valence-electron chi connectivity index (χ2n) is 7.16. The molecule has 0 unspecified atom stereocenters. The summed E-state index contributed by atoms with van der Waals surface area (Å²) in [4.78, 5) is 29.5. The first kappa shape index (κ1) is 19.2. The van der Waals surface area contributed by atoms with E-state index >= 15 is 0 Å². The van der Waals surface area contributed by atoms with Crippen LogP contribution < -0.4 is 5.32 Å². The lowest BCUT2D eigenvalue weighted by atomic mass is 9.83. The summed E-state index contributed by atoms with van der Waals surface area (Å²) in [7, 11) is 0. The summed E-state index contributed by atoms with van der Waals surface area (Å²) in [6.07, 6.45) is 3.51. The van der Waals surface area contributed by atoms with Crippen LogP contribution in [0.5, 0.6) is 0 Å². The zero-order valence-electron chi connectivity index (χ0n) is 15.4. The van der Waals surface area contributed by atoms with E-state index < -0.39 is 0 Å². The summed E-state index contributed by atoms with van der Waals surface area (Å²) in [5.74, 6) is -0.0802. The van der Waals surface area contributed by atoms with Gasteiger partial charge in [-0.25, -0.2) is 0 Å². The average Bonchev–Trinajstić information content (AvgIpc) is 3.14. The minimum atomic E-state index is -0.244. The maximum absolute atomic E-state index is 12.9. The average molecular weight is 378 g/mol. The molecule has 1 aromatic carbocycles. The summed E-state index contributed by atoms with van der Waals surface area (Å²) in [6.45, 7) is 6.37. The second-order valence-corrected chi connectivity index (χ2v) is 7.60. The molecule has 6 heteroatoms. The van der Waals surface area contributed by atoms with Crippen molar-refractivity contribution in [1.82, 2.24) is 15.1 Å². The molecule has 26 heavy (non-hydrogen) atoms. The van der Waals surface area contributed by atoms with Crippen LogP contribution in [0.3, 0.4) is 0 Å². The Labute approximate surface area is 160 Å². The summed E-state index contributed by atoms with van der Waals surface area (Å²) in [6, 6.07) is 7.29. The molecule has 2 saturated heterocycles. The third kappa shape index (κ3) is 4.38. The number of nitrogens with zero attached hydrogens (tertiary/aromatic N) is 2. The number of rotatable bonds is 6. The van der Waals surface area contributed by atoms with Gasteiger partial charge in [-0.15, -0.1) is 0 Å². The van der Waals surface area contributed by atoms with Gasteiger partial charge in [0.1, 0.15) is 0 Å². The zero-order valence-corrected chi connectivity index (χ0v) is 16.2. The third-order valence-electron chi connectivity index (χ3n) is 5.50. The number of likely N-dealkylation sites (tertiary alicyclic amines) is 2. The topological polar surface area (TPSA) is 52.7 Å². The van der Waals surface area contributed by atoms with Crippen LogP contribution >= 0.6 is 11.6 Å². The predicted molar refractivity (Wildman–Crippen MR) is 103 cm³/mol. The first-order valence-corrected chi connectivity index (χ1v) is 10.0. The van der Waals surface area contributed by atoms with Crippen LogP contribution in [-0.2, 0) is 9.59 Å². The Hall–Kier alpha value is -1.59. The van der Waals surface area contributed by atoms with Crippen LogP contribution in [0.4, 0.5) is 0 Å². The molecule has 0 spiro atoms. The molecule has 5 nitrogen and oxygen atoms in total. The van der Waals surface area contributed by atoms with Crippen molar-refractivity contribution in [3.05, 3.63) is 34.9 Å². The highest BCUT2D eigenvalue weighted by atomic mass is 35.5. The Bertz CT molecular complexity index is 646. The number of nitrogens with one attached hydrogen (secondary N) is 1. The Balaban J connectivity index is 1.71. The van der Waals surface area contributed by atoms with Crippen LogP contribution in [0.2, 0.25) is 5.02 Å². The Morgan fingerprint density at radius 2 is 2.08 bits per heavy atom. The van der Waals surface area contributed by atoms with Gasteiger partial charge in [0.2, 0.25) is 11.8 Å². The number of carbonyl (C=O) groups excluding carboxylic acids is 2.